The first-order chi connectivity index (χ1) is 5.72. The fourth-order valence-corrected chi connectivity index (χ4v) is 1.40. The van der Waals surface area contributed by atoms with Crippen LogP contribution in [0, 0.1) is 0 Å². The molecule has 0 aliphatic heterocycles. The lowest BCUT2D eigenvalue weighted by Crippen LogP contribution is -1.89. The maximum atomic E-state index is 9.86. The van der Waals surface area contributed by atoms with E-state index in [0.29, 0.717) is 16.5 Å². The van der Waals surface area contributed by atoms with Gasteiger partial charge in [-0.3, -0.25) is 4.79 Å². The lowest BCUT2D eigenvalue weighted by molar-refractivity contribution is -0.129. The summed E-state index contributed by atoms with van der Waals surface area (Å²) >= 11 is 11.4. The van der Waals surface area contributed by atoms with Crippen LogP contribution in [-0.2, 0) is 16.1 Å². The second kappa shape index (κ2) is 4.33. The molecule has 12 heavy (non-hydrogen) atoms. The Morgan fingerprint density at radius 1 is 1.25 bits per heavy atom. The van der Waals surface area contributed by atoms with Crippen molar-refractivity contribution in [3.05, 3.63) is 33.8 Å². The predicted molar refractivity (Wildman–Crippen MR) is 47.3 cm³/mol. The van der Waals surface area contributed by atoms with Crippen molar-refractivity contribution in [1.82, 2.24) is 0 Å². The van der Waals surface area contributed by atoms with Crippen LogP contribution in [0.4, 0.5) is 0 Å². The summed E-state index contributed by atoms with van der Waals surface area (Å²) in [4.78, 5) is 9.86. The highest BCUT2D eigenvalue weighted by Gasteiger charge is 1.97. The quantitative estimate of drug-likeness (QED) is 0.709. The normalized spacial score (nSPS) is 9.50. The van der Waals surface area contributed by atoms with E-state index in [0.717, 1.165) is 5.56 Å². The summed E-state index contributed by atoms with van der Waals surface area (Å²) in [6.45, 7) is 0.582. The molecule has 0 saturated carbocycles. The Balaban J connectivity index is 2.78. The van der Waals surface area contributed by atoms with Crippen LogP contribution < -0.4 is 0 Å². The van der Waals surface area contributed by atoms with Crippen molar-refractivity contribution in [3.8, 4) is 0 Å². The number of rotatable bonds is 3. The smallest absolute Gasteiger partial charge is 0.293 e. The molecule has 1 aromatic carbocycles. The Morgan fingerprint density at radius 3 is 2.33 bits per heavy atom. The van der Waals surface area contributed by atoms with Gasteiger partial charge in [-0.1, -0.05) is 23.2 Å². The summed E-state index contributed by atoms with van der Waals surface area (Å²) < 4.78 is 4.53. The Bertz CT molecular complexity index is 266. The van der Waals surface area contributed by atoms with Gasteiger partial charge in [-0.05, 0) is 23.8 Å². The van der Waals surface area contributed by atoms with Gasteiger partial charge in [0.15, 0.2) is 0 Å². The molecule has 2 nitrogen and oxygen atoms in total. The van der Waals surface area contributed by atoms with E-state index in [1.54, 1.807) is 18.2 Å². The Labute approximate surface area is 80.0 Å². The monoisotopic (exact) mass is 204 g/mol. The zero-order valence-corrected chi connectivity index (χ0v) is 7.60. The van der Waals surface area contributed by atoms with Crippen LogP contribution in [0.25, 0.3) is 0 Å². The Kier molecular flexibility index (Phi) is 3.38. The Hall–Kier alpha value is -0.730. The van der Waals surface area contributed by atoms with E-state index >= 15 is 0 Å². The van der Waals surface area contributed by atoms with Crippen LogP contribution >= 0.6 is 23.2 Å². The fourth-order valence-electron chi connectivity index (χ4n) is 0.825. The van der Waals surface area contributed by atoms with Crippen molar-refractivity contribution in [2.24, 2.45) is 0 Å². The van der Waals surface area contributed by atoms with Crippen LogP contribution in [0.1, 0.15) is 5.56 Å². The molecule has 0 saturated heterocycles. The molecule has 1 rings (SSSR count). The highest BCUT2D eigenvalue weighted by molar-refractivity contribution is 6.34. The minimum atomic E-state index is 0.198. The molecule has 0 radical (unpaired) electrons. The van der Waals surface area contributed by atoms with Crippen LogP contribution in [0.3, 0.4) is 0 Å². The van der Waals surface area contributed by atoms with E-state index in [1.807, 2.05) is 0 Å². The molecule has 0 N–H and O–H groups in total. The van der Waals surface area contributed by atoms with E-state index in [1.165, 1.54) is 0 Å². The van der Waals surface area contributed by atoms with Crippen molar-refractivity contribution in [3.63, 3.8) is 0 Å². The van der Waals surface area contributed by atoms with Crippen molar-refractivity contribution in [2.75, 3.05) is 0 Å². The summed E-state index contributed by atoms with van der Waals surface area (Å²) in [7, 11) is 0. The van der Waals surface area contributed by atoms with Crippen LogP contribution in [0.2, 0.25) is 10.0 Å². The molecular weight excluding hydrogens is 199 g/mol. The van der Waals surface area contributed by atoms with Gasteiger partial charge < -0.3 is 4.74 Å². The molecule has 0 spiro atoms. The number of benzene rings is 1. The van der Waals surface area contributed by atoms with Gasteiger partial charge >= 0.3 is 0 Å². The molecule has 0 aliphatic rings. The number of carbonyl (C=O) groups is 1. The van der Waals surface area contributed by atoms with Crippen LogP contribution in [-0.4, -0.2) is 6.47 Å². The molecule has 0 bridgehead atoms. The first-order valence-corrected chi connectivity index (χ1v) is 3.98. The second-order valence-electron chi connectivity index (χ2n) is 2.18. The third-order valence-corrected chi connectivity index (χ3v) is 1.68. The zero-order valence-electron chi connectivity index (χ0n) is 6.09. The van der Waals surface area contributed by atoms with Gasteiger partial charge in [0.2, 0.25) is 0 Å². The molecule has 0 amide bonds. The van der Waals surface area contributed by atoms with Gasteiger partial charge in [0.1, 0.15) is 6.61 Å². The summed E-state index contributed by atoms with van der Waals surface area (Å²) in [5.41, 5.74) is 0.777. The SMILES string of the molecule is O=COCc1cc(Cl)cc(Cl)c1. The molecule has 4 heteroatoms. The maximum Gasteiger partial charge on any atom is 0.293 e. The largest absolute Gasteiger partial charge is 0.463 e. The molecule has 64 valence electrons. The van der Waals surface area contributed by atoms with Gasteiger partial charge in [0, 0.05) is 10.0 Å². The molecule has 0 atom stereocenters. The van der Waals surface area contributed by atoms with E-state index in [9.17, 15) is 4.79 Å². The van der Waals surface area contributed by atoms with Gasteiger partial charge in [-0.2, -0.15) is 0 Å². The zero-order chi connectivity index (χ0) is 8.97. The standard InChI is InChI=1S/C8H6Cl2O2/c9-7-1-6(4-12-5-11)2-8(10)3-7/h1-3,5H,4H2. The van der Waals surface area contributed by atoms with Gasteiger partial charge in [0.25, 0.3) is 6.47 Å². The Morgan fingerprint density at radius 2 is 1.83 bits per heavy atom. The molecule has 0 fully saturated rings. The molecular formula is C8H6Cl2O2. The van der Waals surface area contributed by atoms with E-state index in [2.05, 4.69) is 4.74 Å². The third kappa shape index (κ3) is 2.72. The predicted octanol–water partition coefficient (Wildman–Crippen LogP) is 2.67. The molecule has 1 aromatic rings. The first kappa shape index (κ1) is 9.36. The van der Waals surface area contributed by atoms with E-state index in [4.69, 9.17) is 23.2 Å². The molecule has 0 unspecified atom stereocenters. The minimum absolute atomic E-state index is 0.198. The van der Waals surface area contributed by atoms with Crippen LogP contribution in [0.5, 0.6) is 0 Å². The van der Waals surface area contributed by atoms with Crippen molar-refractivity contribution in [2.45, 2.75) is 6.61 Å². The summed E-state index contributed by atoms with van der Waals surface area (Å²) in [5, 5.41) is 1.07. The van der Waals surface area contributed by atoms with Gasteiger partial charge in [-0.15, -0.1) is 0 Å². The number of hydrogen-bond donors (Lipinski definition) is 0. The third-order valence-electron chi connectivity index (χ3n) is 1.24. The number of halogens is 2. The second-order valence-corrected chi connectivity index (χ2v) is 3.06. The van der Waals surface area contributed by atoms with Crippen LogP contribution in [0.15, 0.2) is 18.2 Å². The molecule has 0 aliphatic carbocycles. The lowest BCUT2D eigenvalue weighted by atomic mass is 10.2. The fraction of sp³-hybridized carbons (Fsp3) is 0.125. The highest BCUT2D eigenvalue weighted by atomic mass is 35.5. The summed E-state index contributed by atoms with van der Waals surface area (Å²) in [5.74, 6) is 0. The number of hydrogen-bond acceptors (Lipinski definition) is 2. The van der Waals surface area contributed by atoms with Crippen molar-refractivity contribution < 1.29 is 9.53 Å². The van der Waals surface area contributed by atoms with E-state index < -0.39 is 0 Å². The van der Waals surface area contributed by atoms with Gasteiger partial charge in [-0.25, -0.2) is 0 Å². The number of ether oxygens (including phenoxy) is 1. The van der Waals surface area contributed by atoms with Crippen molar-refractivity contribution >= 4 is 29.7 Å². The highest BCUT2D eigenvalue weighted by Crippen LogP contribution is 2.19. The average Bonchev–Trinajstić information content (AvgIpc) is 1.99. The van der Waals surface area contributed by atoms with Crippen molar-refractivity contribution in [1.29, 1.82) is 0 Å². The van der Waals surface area contributed by atoms with E-state index in [-0.39, 0.29) is 6.61 Å². The summed E-state index contributed by atoms with van der Waals surface area (Å²) in [6, 6.07) is 5.00. The topological polar surface area (TPSA) is 26.3 Å². The molecule has 0 aromatic heterocycles. The minimum Gasteiger partial charge on any atom is -0.463 e. The molecule has 0 heterocycles. The van der Waals surface area contributed by atoms with Gasteiger partial charge in [0.05, 0.1) is 0 Å². The maximum absolute atomic E-state index is 9.86. The first-order valence-electron chi connectivity index (χ1n) is 3.22. The average molecular weight is 205 g/mol. The summed E-state index contributed by atoms with van der Waals surface area (Å²) in [6.07, 6.45) is 0. The number of carbonyl (C=O) groups excluding carboxylic acids is 1. The lowest BCUT2D eigenvalue weighted by Gasteiger charge is -2.00.